The molecule has 0 spiro atoms. The van der Waals surface area contributed by atoms with E-state index in [1.165, 1.54) is 0 Å². The molecule has 0 unspecified atom stereocenters. The number of rotatable bonds is 3. The summed E-state index contributed by atoms with van der Waals surface area (Å²) >= 11 is 0. The van der Waals surface area contributed by atoms with E-state index in [0.29, 0.717) is 5.82 Å². The number of aromatic nitrogens is 2. The normalized spacial score (nSPS) is 11.7. The van der Waals surface area contributed by atoms with Crippen LogP contribution in [0.5, 0.6) is 0 Å². The number of hydrogen-bond acceptors (Lipinski definition) is 3. The van der Waals surface area contributed by atoms with E-state index in [2.05, 4.69) is 27.0 Å². The maximum absolute atomic E-state index is 9.99. The molecule has 1 aromatic heterocycles. The topological polar surface area (TPSA) is 52.1 Å². The molecule has 0 aliphatic heterocycles. The van der Waals surface area contributed by atoms with Gasteiger partial charge in [0.05, 0.1) is 5.69 Å². The molecule has 0 saturated carbocycles. The summed E-state index contributed by atoms with van der Waals surface area (Å²) in [7, 11) is 4.03. The SMILES string of the molecule is Cc1[nH]c(C(C)(C)O)nc1-c1ccc(N(C)C)cc1. The Morgan fingerprint density at radius 3 is 2.16 bits per heavy atom. The summed E-state index contributed by atoms with van der Waals surface area (Å²) in [5, 5.41) is 9.99. The molecule has 4 heteroatoms. The van der Waals surface area contributed by atoms with Crippen molar-refractivity contribution in [3.05, 3.63) is 35.8 Å². The summed E-state index contributed by atoms with van der Waals surface area (Å²) in [6.07, 6.45) is 0. The van der Waals surface area contributed by atoms with E-state index in [4.69, 9.17) is 0 Å². The Morgan fingerprint density at radius 2 is 1.74 bits per heavy atom. The number of benzene rings is 1. The molecule has 0 radical (unpaired) electrons. The van der Waals surface area contributed by atoms with Crippen LogP contribution in [0.3, 0.4) is 0 Å². The Balaban J connectivity index is 2.39. The van der Waals surface area contributed by atoms with Crippen molar-refractivity contribution in [1.82, 2.24) is 9.97 Å². The average molecular weight is 259 g/mol. The average Bonchev–Trinajstić information content (AvgIpc) is 2.71. The molecule has 2 rings (SSSR count). The minimum absolute atomic E-state index is 0.594. The van der Waals surface area contributed by atoms with Gasteiger partial charge in [-0.2, -0.15) is 0 Å². The van der Waals surface area contributed by atoms with E-state index in [1.807, 2.05) is 33.2 Å². The lowest BCUT2D eigenvalue weighted by Gasteiger charge is -2.13. The molecule has 0 amide bonds. The van der Waals surface area contributed by atoms with E-state index < -0.39 is 5.60 Å². The maximum atomic E-state index is 9.99. The highest BCUT2D eigenvalue weighted by Gasteiger charge is 2.22. The summed E-state index contributed by atoms with van der Waals surface area (Å²) in [4.78, 5) is 9.71. The second-order valence-electron chi connectivity index (χ2n) is 5.56. The first-order chi connectivity index (χ1) is 8.79. The van der Waals surface area contributed by atoms with Gasteiger partial charge in [0.15, 0.2) is 0 Å². The Kier molecular flexibility index (Phi) is 3.37. The second-order valence-corrected chi connectivity index (χ2v) is 5.56. The third-order valence-corrected chi connectivity index (χ3v) is 3.12. The van der Waals surface area contributed by atoms with Crippen LogP contribution in [0.1, 0.15) is 25.4 Å². The van der Waals surface area contributed by atoms with Gasteiger partial charge in [-0.25, -0.2) is 4.98 Å². The van der Waals surface area contributed by atoms with Crippen LogP contribution < -0.4 is 4.90 Å². The molecule has 2 aromatic rings. The van der Waals surface area contributed by atoms with Crippen LogP contribution in [0.4, 0.5) is 5.69 Å². The zero-order valence-electron chi connectivity index (χ0n) is 12.2. The number of hydrogen-bond donors (Lipinski definition) is 2. The van der Waals surface area contributed by atoms with Gasteiger partial charge in [0.1, 0.15) is 11.4 Å². The van der Waals surface area contributed by atoms with Gasteiger partial charge in [-0.1, -0.05) is 12.1 Å². The van der Waals surface area contributed by atoms with Crippen LogP contribution >= 0.6 is 0 Å². The monoisotopic (exact) mass is 259 g/mol. The Hall–Kier alpha value is -1.81. The number of nitrogens with one attached hydrogen (secondary N) is 1. The molecule has 2 N–H and O–H groups in total. The van der Waals surface area contributed by atoms with Gasteiger partial charge in [-0.15, -0.1) is 0 Å². The van der Waals surface area contributed by atoms with E-state index in [-0.39, 0.29) is 0 Å². The van der Waals surface area contributed by atoms with Crippen molar-refractivity contribution in [2.75, 3.05) is 19.0 Å². The second kappa shape index (κ2) is 4.70. The molecule has 0 saturated heterocycles. The quantitative estimate of drug-likeness (QED) is 0.891. The highest BCUT2D eigenvalue weighted by Crippen LogP contribution is 2.26. The largest absolute Gasteiger partial charge is 0.383 e. The van der Waals surface area contributed by atoms with Crippen molar-refractivity contribution >= 4 is 5.69 Å². The number of imidazole rings is 1. The molecule has 19 heavy (non-hydrogen) atoms. The fourth-order valence-corrected chi connectivity index (χ4v) is 1.95. The van der Waals surface area contributed by atoms with Gasteiger partial charge in [0.2, 0.25) is 0 Å². The van der Waals surface area contributed by atoms with Crippen molar-refractivity contribution < 1.29 is 5.11 Å². The Labute approximate surface area is 114 Å². The van der Waals surface area contributed by atoms with Crippen LogP contribution in [0.15, 0.2) is 24.3 Å². The van der Waals surface area contributed by atoms with E-state index in [1.54, 1.807) is 13.8 Å². The molecule has 0 fully saturated rings. The first kappa shape index (κ1) is 13.6. The number of aliphatic hydroxyl groups is 1. The van der Waals surface area contributed by atoms with Gasteiger partial charge >= 0.3 is 0 Å². The van der Waals surface area contributed by atoms with Gasteiger partial charge in [0, 0.05) is 31.0 Å². The predicted octanol–water partition coefficient (Wildman–Crippen LogP) is 2.68. The molecule has 0 atom stereocenters. The van der Waals surface area contributed by atoms with Gasteiger partial charge in [-0.05, 0) is 32.9 Å². The number of nitrogens with zero attached hydrogens (tertiary/aromatic N) is 2. The molecule has 4 nitrogen and oxygen atoms in total. The highest BCUT2D eigenvalue weighted by atomic mass is 16.3. The van der Waals surface area contributed by atoms with Gasteiger partial charge in [0.25, 0.3) is 0 Å². The van der Waals surface area contributed by atoms with Crippen molar-refractivity contribution in [2.24, 2.45) is 0 Å². The number of H-pyrrole nitrogens is 1. The molecule has 0 bridgehead atoms. The fraction of sp³-hybridized carbons (Fsp3) is 0.400. The van der Waals surface area contributed by atoms with Crippen molar-refractivity contribution in [3.8, 4) is 11.3 Å². The zero-order valence-corrected chi connectivity index (χ0v) is 12.2. The van der Waals surface area contributed by atoms with Crippen LogP contribution in [0, 0.1) is 6.92 Å². The highest BCUT2D eigenvalue weighted by molar-refractivity contribution is 5.65. The Bertz CT molecular complexity index is 562. The van der Waals surface area contributed by atoms with Crippen molar-refractivity contribution in [2.45, 2.75) is 26.4 Å². The molecule has 0 aliphatic rings. The number of aromatic amines is 1. The molecule has 102 valence electrons. The predicted molar refractivity (Wildman–Crippen MR) is 78.3 cm³/mol. The van der Waals surface area contributed by atoms with E-state index in [0.717, 1.165) is 22.6 Å². The smallest absolute Gasteiger partial charge is 0.138 e. The number of anilines is 1. The molecule has 1 aromatic carbocycles. The first-order valence-electron chi connectivity index (χ1n) is 6.36. The molecular formula is C15H21N3O. The lowest BCUT2D eigenvalue weighted by atomic mass is 10.1. The van der Waals surface area contributed by atoms with Crippen LogP contribution in [0.2, 0.25) is 0 Å². The minimum atomic E-state index is -0.952. The van der Waals surface area contributed by atoms with Crippen molar-refractivity contribution in [1.29, 1.82) is 0 Å². The summed E-state index contributed by atoms with van der Waals surface area (Å²) in [6, 6.07) is 8.22. The molecule has 0 aliphatic carbocycles. The summed E-state index contributed by atoms with van der Waals surface area (Å²) in [6.45, 7) is 5.42. The van der Waals surface area contributed by atoms with Gasteiger partial charge < -0.3 is 15.0 Å². The molecular weight excluding hydrogens is 238 g/mol. The summed E-state index contributed by atoms with van der Waals surface area (Å²) in [5.41, 5.74) is 3.11. The van der Waals surface area contributed by atoms with Crippen LogP contribution in [-0.4, -0.2) is 29.2 Å². The molecule has 1 heterocycles. The van der Waals surface area contributed by atoms with Gasteiger partial charge in [-0.3, -0.25) is 0 Å². The first-order valence-corrected chi connectivity index (χ1v) is 6.36. The maximum Gasteiger partial charge on any atom is 0.138 e. The summed E-state index contributed by atoms with van der Waals surface area (Å²) in [5.74, 6) is 0.594. The van der Waals surface area contributed by atoms with Crippen molar-refractivity contribution in [3.63, 3.8) is 0 Å². The van der Waals surface area contributed by atoms with Crippen LogP contribution in [0.25, 0.3) is 11.3 Å². The third kappa shape index (κ3) is 2.79. The lowest BCUT2D eigenvalue weighted by Crippen LogP contribution is -2.17. The third-order valence-electron chi connectivity index (χ3n) is 3.12. The number of aryl methyl sites for hydroxylation is 1. The Morgan fingerprint density at radius 1 is 1.16 bits per heavy atom. The van der Waals surface area contributed by atoms with Crippen LogP contribution in [-0.2, 0) is 5.60 Å². The fourth-order valence-electron chi connectivity index (χ4n) is 1.95. The minimum Gasteiger partial charge on any atom is -0.383 e. The lowest BCUT2D eigenvalue weighted by molar-refractivity contribution is 0.0696. The standard InChI is InChI=1S/C15H21N3O/c1-10-13(17-14(16-10)15(2,3)19)11-6-8-12(9-7-11)18(4)5/h6-9,19H,1-5H3,(H,16,17). The van der Waals surface area contributed by atoms with E-state index >= 15 is 0 Å². The van der Waals surface area contributed by atoms with E-state index in [9.17, 15) is 5.11 Å². The zero-order chi connectivity index (χ0) is 14.2. The summed E-state index contributed by atoms with van der Waals surface area (Å²) < 4.78 is 0.